The van der Waals surface area contributed by atoms with E-state index in [-0.39, 0.29) is 5.91 Å². The van der Waals surface area contributed by atoms with E-state index in [4.69, 9.17) is 11.6 Å². The van der Waals surface area contributed by atoms with Gasteiger partial charge in [0.15, 0.2) is 0 Å². The summed E-state index contributed by atoms with van der Waals surface area (Å²) in [5.41, 5.74) is 1.20. The van der Waals surface area contributed by atoms with E-state index in [0.717, 1.165) is 4.47 Å². The van der Waals surface area contributed by atoms with Crippen LogP contribution in [0.3, 0.4) is 0 Å². The molecule has 86 valence electrons. The molecule has 2 aromatic rings. The molecule has 1 amide bonds. The van der Waals surface area contributed by atoms with Gasteiger partial charge in [-0.15, -0.1) is 0 Å². The van der Waals surface area contributed by atoms with Crippen molar-refractivity contribution >= 4 is 39.1 Å². The van der Waals surface area contributed by atoms with Crippen molar-refractivity contribution in [3.8, 4) is 0 Å². The van der Waals surface area contributed by atoms with E-state index in [2.05, 4.69) is 21.2 Å². The van der Waals surface area contributed by atoms with Gasteiger partial charge in [0, 0.05) is 10.0 Å². The molecule has 0 fully saturated rings. The summed E-state index contributed by atoms with van der Waals surface area (Å²) in [5.74, 6) is -0.171. The fourth-order valence-electron chi connectivity index (χ4n) is 1.37. The molecule has 0 spiro atoms. The molecule has 0 unspecified atom stereocenters. The SMILES string of the molecule is O=C(Nc1ccc(Br)cc1Cl)c1ccccc1. The number of rotatable bonds is 2. The highest BCUT2D eigenvalue weighted by molar-refractivity contribution is 9.10. The number of nitrogens with one attached hydrogen (secondary N) is 1. The third-order valence-electron chi connectivity index (χ3n) is 2.22. The number of carbonyl (C=O) groups excluding carboxylic acids is 1. The van der Waals surface area contributed by atoms with E-state index in [1.807, 2.05) is 24.3 Å². The fourth-order valence-corrected chi connectivity index (χ4v) is 2.10. The molecule has 2 rings (SSSR count). The Morgan fingerprint density at radius 2 is 1.82 bits per heavy atom. The highest BCUT2D eigenvalue weighted by atomic mass is 79.9. The molecule has 4 heteroatoms. The zero-order valence-corrected chi connectivity index (χ0v) is 11.1. The predicted molar refractivity (Wildman–Crippen MR) is 73.5 cm³/mol. The van der Waals surface area contributed by atoms with E-state index in [1.165, 1.54) is 0 Å². The molecule has 17 heavy (non-hydrogen) atoms. The maximum Gasteiger partial charge on any atom is 0.255 e. The van der Waals surface area contributed by atoms with E-state index >= 15 is 0 Å². The smallest absolute Gasteiger partial charge is 0.255 e. The molecule has 2 nitrogen and oxygen atoms in total. The maximum atomic E-state index is 11.9. The van der Waals surface area contributed by atoms with Crippen LogP contribution in [0.5, 0.6) is 0 Å². The minimum atomic E-state index is -0.171. The van der Waals surface area contributed by atoms with Crippen molar-refractivity contribution in [2.45, 2.75) is 0 Å². The zero-order chi connectivity index (χ0) is 12.3. The van der Waals surface area contributed by atoms with Crippen LogP contribution in [-0.2, 0) is 0 Å². The van der Waals surface area contributed by atoms with Crippen molar-refractivity contribution in [3.05, 3.63) is 63.6 Å². The van der Waals surface area contributed by atoms with Crippen LogP contribution >= 0.6 is 27.5 Å². The Morgan fingerprint density at radius 1 is 1.12 bits per heavy atom. The average Bonchev–Trinajstić information content (AvgIpc) is 2.34. The lowest BCUT2D eigenvalue weighted by Gasteiger charge is -2.07. The largest absolute Gasteiger partial charge is 0.321 e. The first-order valence-electron chi connectivity index (χ1n) is 4.98. The van der Waals surface area contributed by atoms with E-state index < -0.39 is 0 Å². The monoisotopic (exact) mass is 309 g/mol. The topological polar surface area (TPSA) is 29.1 Å². The molecule has 2 aromatic carbocycles. The second kappa shape index (κ2) is 5.34. The summed E-state index contributed by atoms with van der Waals surface area (Å²) >= 11 is 9.33. The predicted octanol–water partition coefficient (Wildman–Crippen LogP) is 4.35. The second-order valence-electron chi connectivity index (χ2n) is 3.44. The lowest BCUT2D eigenvalue weighted by atomic mass is 10.2. The molecule has 0 aromatic heterocycles. The van der Waals surface area contributed by atoms with Gasteiger partial charge in [0.05, 0.1) is 10.7 Å². The van der Waals surface area contributed by atoms with Crippen LogP contribution in [0.1, 0.15) is 10.4 Å². The Bertz CT molecular complexity index is 542. The summed E-state index contributed by atoms with van der Waals surface area (Å²) in [4.78, 5) is 11.9. The standard InChI is InChI=1S/C13H9BrClNO/c14-10-6-7-12(11(15)8-10)16-13(17)9-4-2-1-3-5-9/h1-8H,(H,16,17). The van der Waals surface area contributed by atoms with Crippen LogP contribution in [0.2, 0.25) is 5.02 Å². The lowest BCUT2D eigenvalue weighted by Crippen LogP contribution is -2.11. The Balaban J connectivity index is 2.19. The van der Waals surface area contributed by atoms with Gasteiger partial charge in [-0.05, 0) is 30.3 Å². The van der Waals surface area contributed by atoms with Gasteiger partial charge in [-0.2, -0.15) is 0 Å². The van der Waals surface area contributed by atoms with Crippen LogP contribution < -0.4 is 5.32 Å². The number of anilines is 1. The van der Waals surface area contributed by atoms with Crippen molar-refractivity contribution in [2.75, 3.05) is 5.32 Å². The summed E-state index contributed by atoms with van der Waals surface area (Å²) in [6, 6.07) is 14.3. The third-order valence-corrected chi connectivity index (χ3v) is 3.02. The summed E-state index contributed by atoms with van der Waals surface area (Å²) < 4.78 is 0.875. The number of carbonyl (C=O) groups is 1. The lowest BCUT2D eigenvalue weighted by molar-refractivity contribution is 0.102. The molecule has 0 aliphatic heterocycles. The first-order chi connectivity index (χ1) is 8.16. The molecule has 1 N–H and O–H groups in total. The van der Waals surface area contributed by atoms with Crippen molar-refractivity contribution in [1.29, 1.82) is 0 Å². The van der Waals surface area contributed by atoms with Gasteiger partial charge in [-0.1, -0.05) is 45.7 Å². The minimum Gasteiger partial charge on any atom is -0.321 e. The highest BCUT2D eigenvalue weighted by Crippen LogP contribution is 2.25. The van der Waals surface area contributed by atoms with Crippen LogP contribution in [0.25, 0.3) is 0 Å². The molecule has 0 bridgehead atoms. The van der Waals surface area contributed by atoms with Gasteiger partial charge in [0.2, 0.25) is 0 Å². The first-order valence-corrected chi connectivity index (χ1v) is 6.15. The number of benzene rings is 2. The van der Waals surface area contributed by atoms with Crippen molar-refractivity contribution in [2.24, 2.45) is 0 Å². The van der Waals surface area contributed by atoms with Crippen molar-refractivity contribution in [3.63, 3.8) is 0 Å². The minimum absolute atomic E-state index is 0.171. The molecule has 0 radical (unpaired) electrons. The molecule has 0 heterocycles. The van der Waals surface area contributed by atoms with E-state index in [9.17, 15) is 4.79 Å². The summed E-state index contributed by atoms with van der Waals surface area (Å²) in [5, 5.41) is 3.27. The highest BCUT2D eigenvalue weighted by Gasteiger charge is 2.07. The molecular weight excluding hydrogens is 302 g/mol. The molecule has 0 aliphatic carbocycles. The Labute approximate surface area is 113 Å². The Kier molecular flexibility index (Phi) is 3.82. The van der Waals surface area contributed by atoms with Gasteiger partial charge in [0.1, 0.15) is 0 Å². The fraction of sp³-hybridized carbons (Fsp3) is 0. The summed E-state index contributed by atoms with van der Waals surface area (Å²) in [7, 11) is 0. The number of halogens is 2. The van der Waals surface area contributed by atoms with E-state index in [0.29, 0.717) is 16.3 Å². The van der Waals surface area contributed by atoms with Gasteiger partial charge < -0.3 is 5.32 Å². The van der Waals surface area contributed by atoms with Gasteiger partial charge in [-0.3, -0.25) is 4.79 Å². The molecule has 0 saturated carbocycles. The summed E-state index contributed by atoms with van der Waals surface area (Å²) in [6.07, 6.45) is 0. The molecule has 0 atom stereocenters. The normalized spacial score (nSPS) is 10.0. The molecule has 0 saturated heterocycles. The number of hydrogen-bond acceptors (Lipinski definition) is 1. The molecule has 0 aliphatic rings. The van der Waals surface area contributed by atoms with Crippen molar-refractivity contribution in [1.82, 2.24) is 0 Å². The van der Waals surface area contributed by atoms with Crippen LogP contribution in [0.15, 0.2) is 53.0 Å². The van der Waals surface area contributed by atoms with Crippen LogP contribution in [0.4, 0.5) is 5.69 Å². The third kappa shape index (κ3) is 3.08. The quantitative estimate of drug-likeness (QED) is 0.877. The zero-order valence-electron chi connectivity index (χ0n) is 8.78. The van der Waals surface area contributed by atoms with Crippen molar-refractivity contribution < 1.29 is 4.79 Å². The maximum absolute atomic E-state index is 11.9. The first kappa shape index (κ1) is 12.1. The number of hydrogen-bond donors (Lipinski definition) is 1. The Morgan fingerprint density at radius 3 is 2.47 bits per heavy atom. The second-order valence-corrected chi connectivity index (χ2v) is 4.77. The summed E-state index contributed by atoms with van der Waals surface area (Å²) in [6.45, 7) is 0. The average molecular weight is 311 g/mol. The molecular formula is C13H9BrClNO. The van der Waals surface area contributed by atoms with Crippen LogP contribution in [0, 0.1) is 0 Å². The van der Waals surface area contributed by atoms with E-state index in [1.54, 1.807) is 24.3 Å². The Hall–Kier alpha value is -1.32. The van der Waals surface area contributed by atoms with Gasteiger partial charge in [0.25, 0.3) is 5.91 Å². The van der Waals surface area contributed by atoms with Gasteiger partial charge in [-0.25, -0.2) is 0 Å². The van der Waals surface area contributed by atoms with Gasteiger partial charge >= 0.3 is 0 Å². The van der Waals surface area contributed by atoms with Crippen LogP contribution in [-0.4, -0.2) is 5.91 Å². The number of amides is 1.